The summed E-state index contributed by atoms with van der Waals surface area (Å²) in [5, 5.41) is 9.73. The van der Waals surface area contributed by atoms with Crippen molar-refractivity contribution in [1.29, 1.82) is 0 Å². The van der Waals surface area contributed by atoms with Crippen LogP contribution in [-0.2, 0) is 14.3 Å². The molecule has 0 saturated carbocycles. The first-order chi connectivity index (χ1) is 12.5. The highest BCUT2D eigenvalue weighted by molar-refractivity contribution is 5.99. The van der Waals surface area contributed by atoms with E-state index in [0.29, 0.717) is 37.4 Å². The molecule has 138 valence electrons. The Kier molecular flexibility index (Phi) is 5.34. The lowest BCUT2D eigenvalue weighted by Crippen LogP contribution is -2.54. The summed E-state index contributed by atoms with van der Waals surface area (Å²) in [6.45, 7) is 2.72. The van der Waals surface area contributed by atoms with Gasteiger partial charge in [0.2, 0.25) is 11.8 Å². The molecule has 4 N–H and O–H groups in total. The van der Waals surface area contributed by atoms with Gasteiger partial charge in [0.25, 0.3) is 0 Å². The van der Waals surface area contributed by atoms with Gasteiger partial charge in [0.15, 0.2) is 0 Å². The van der Waals surface area contributed by atoms with Crippen molar-refractivity contribution in [1.82, 2.24) is 9.78 Å². The molecule has 3 rings (SSSR count). The second-order valence-electron chi connectivity index (χ2n) is 6.45. The van der Waals surface area contributed by atoms with Gasteiger partial charge in [0.1, 0.15) is 11.6 Å². The van der Waals surface area contributed by atoms with Gasteiger partial charge in [-0.15, -0.1) is 0 Å². The minimum absolute atomic E-state index is 0.197. The van der Waals surface area contributed by atoms with E-state index in [2.05, 4.69) is 15.7 Å². The highest BCUT2D eigenvalue weighted by Gasteiger charge is 2.35. The smallest absolute Gasteiger partial charge is 0.248 e. The number of ether oxygens (including phenoxy) is 1. The standard InChI is InChI=1S/C18H23N5O3/c1-13(23-9-3-8-20-23)16(24)21-14-4-2-5-15(12-14)22-17(25)18(19)6-10-26-11-7-18/h2-5,8-9,12-13H,6-7,10-11,19H2,1H3,(H,21,24)(H,22,25). The monoisotopic (exact) mass is 357 g/mol. The molecule has 2 amide bonds. The Morgan fingerprint density at radius 3 is 2.58 bits per heavy atom. The Labute approximate surface area is 151 Å². The van der Waals surface area contributed by atoms with Crippen LogP contribution in [0.25, 0.3) is 0 Å². The maximum absolute atomic E-state index is 12.5. The number of benzene rings is 1. The Balaban J connectivity index is 1.64. The first-order valence-corrected chi connectivity index (χ1v) is 8.56. The summed E-state index contributed by atoms with van der Waals surface area (Å²) in [6, 6.07) is 8.30. The number of aromatic nitrogens is 2. The van der Waals surface area contributed by atoms with Crippen molar-refractivity contribution in [2.24, 2.45) is 5.73 Å². The molecule has 1 fully saturated rings. The van der Waals surface area contributed by atoms with Crippen molar-refractivity contribution < 1.29 is 14.3 Å². The lowest BCUT2D eigenvalue weighted by Gasteiger charge is -2.31. The van der Waals surface area contributed by atoms with Gasteiger partial charge >= 0.3 is 0 Å². The molecular weight excluding hydrogens is 334 g/mol. The molecule has 1 aromatic carbocycles. The molecule has 0 spiro atoms. The minimum Gasteiger partial charge on any atom is -0.381 e. The fourth-order valence-electron chi connectivity index (χ4n) is 2.77. The molecule has 1 aromatic heterocycles. The van der Waals surface area contributed by atoms with Crippen molar-refractivity contribution in [2.75, 3.05) is 23.8 Å². The Hall–Kier alpha value is -2.71. The van der Waals surface area contributed by atoms with Gasteiger partial charge in [-0.25, -0.2) is 0 Å². The van der Waals surface area contributed by atoms with Gasteiger partial charge < -0.3 is 21.1 Å². The van der Waals surface area contributed by atoms with Crippen LogP contribution in [0.1, 0.15) is 25.8 Å². The fraction of sp³-hybridized carbons (Fsp3) is 0.389. The fourth-order valence-corrected chi connectivity index (χ4v) is 2.77. The molecule has 0 aliphatic carbocycles. The molecule has 2 aromatic rings. The van der Waals surface area contributed by atoms with E-state index in [1.54, 1.807) is 54.3 Å². The molecule has 1 atom stereocenters. The average Bonchev–Trinajstić information content (AvgIpc) is 3.16. The van der Waals surface area contributed by atoms with Crippen LogP contribution in [0.3, 0.4) is 0 Å². The quantitative estimate of drug-likeness (QED) is 0.751. The number of nitrogens with zero attached hydrogens (tertiary/aromatic N) is 2. The van der Waals surface area contributed by atoms with E-state index in [4.69, 9.17) is 10.5 Å². The Morgan fingerprint density at radius 2 is 1.92 bits per heavy atom. The average molecular weight is 357 g/mol. The summed E-state index contributed by atoms with van der Waals surface area (Å²) >= 11 is 0. The topological polar surface area (TPSA) is 111 Å². The molecule has 8 heteroatoms. The van der Waals surface area contributed by atoms with Gasteiger partial charge in [-0.1, -0.05) is 6.07 Å². The predicted molar refractivity (Wildman–Crippen MR) is 97.6 cm³/mol. The van der Waals surface area contributed by atoms with Crippen LogP contribution in [0.15, 0.2) is 42.7 Å². The van der Waals surface area contributed by atoms with Gasteiger partial charge in [-0.05, 0) is 44.0 Å². The molecule has 1 unspecified atom stereocenters. The molecule has 1 aliphatic rings. The number of hydrogen-bond acceptors (Lipinski definition) is 5. The van der Waals surface area contributed by atoms with E-state index in [0.717, 1.165) is 0 Å². The van der Waals surface area contributed by atoms with E-state index in [1.807, 2.05) is 0 Å². The van der Waals surface area contributed by atoms with Crippen molar-refractivity contribution in [2.45, 2.75) is 31.3 Å². The third-order valence-corrected chi connectivity index (χ3v) is 4.53. The summed E-state index contributed by atoms with van der Waals surface area (Å²) in [6.07, 6.45) is 4.32. The van der Waals surface area contributed by atoms with Crippen molar-refractivity contribution in [3.63, 3.8) is 0 Å². The zero-order chi connectivity index (χ0) is 18.6. The van der Waals surface area contributed by atoms with Gasteiger partial charge in [-0.2, -0.15) is 5.10 Å². The molecule has 1 saturated heterocycles. The second kappa shape index (κ2) is 7.67. The zero-order valence-electron chi connectivity index (χ0n) is 14.6. The van der Waals surface area contributed by atoms with Crippen LogP contribution in [0.4, 0.5) is 11.4 Å². The van der Waals surface area contributed by atoms with Crippen LogP contribution < -0.4 is 16.4 Å². The van der Waals surface area contributed by atoms with E-state index < -0.39 is 11.6 Å². The highest BCUT2D eigenvalue weighted by atomic mass is 16.5. The number of nitrogens with two attached hydrogens (primary N) is 1. The first-order valence-electron chi connectivity index (χ1n) is 8.56. The molecular formula is C18H23N5O3. The van der Waals surface area contributed by atoms with Crippen LogP contribution >= 0.6 is 0 Å². The number of rotatable bonds is 5. The third-order valence-electron chi connectivity index (χ3n) is 4.53. The van der Waals surface area contributed by atoms with Crippen LogP contribution in [0.2, 0.25) is 0 Å². The lowest BCUT2D eigenvalue weighted by atomic mass is 9.90. The zero-order valence-corrected chi connectivity index (χ0v) is 14.6. The summed E-state index contributed by atoms with van der Waals surface area (Å²) < 4.78 is 6.84. The molecule has 0 bridgehead atoms. The van der Waals surface area contributed by atoms with E-state index in [1.165, 1.54) is 0 Å². The Morgan fingerprint density at radius 1 is 1.23 bits per heavy atom. The molecule has 0 radical (unpaired) electrons. The van der Waals surface area contributed by atoms with Crippen LogP contribution in [-0.4, -0.2) is 40.3 Å². The van der Waals surface area contributed by atoms with Gasteiger partial charge in [0.05, 0.1) is 0 Å². The van der Waals surface area contributed by atoms with Crippen LogP contribution in [0.5, 0.6) is 0 Å². The summed E-state index contributed by atoms with van der Waals surface area (Å²) in [7, 11) is 0. The van der Waals surface area contributed by atoms with Gasteiger partial charge in [-0.3, -0.25) is 14.3 Å². The number of nitrogens with one attached hydrogen (secondary N) is 2. The lowest BCUT2D eigenvalue weighted by molar-refractivity contribution is -0.124. The summed E-state index contributed by atoms with van der Waals surface area (Å²) in [5.41, 5.74) is 6.43. The Bertz CT molecular complexity index is 769. The first kappa shape index (κ1) is 18.1. The normalized spacial score (nSPS) is 17.3. The molecule has 26 heavy (non-hydrogen) atoms. The van der Waals surface area contributed by atoms with Crippen molar-refractivity contribution in [3.05, 3.63) is 42.7 Å². The second-order valence-corrected chi connectivity index (χ2v) is 6.45. The van der Waals surface area contributed by atoms with E-state index in [9.17, 15) is 9.59 Å². The molecule has 2 heterocycles. The summed E-state index contributed by atoms with van der Waals surface area (Å²) in [5.74, 6) is -0.439. The highest BCUT2D eigenvalue weighted by Crippen LogP contribution is 2.22. The minimum atomic E-state index is -0.924. The van der Waals surface area contributed by atoms with E-state index >= 15 is 0 Å². The maximum Gasteiger partial charge on any atom is 0.248 e. The largest absolute Gasteiger partial charge is 0.381 e. The molecule has 8 nitrogen and oxygen atoms in total. The number of hydrogen-bond donors (Lipinski definition) is 3. The predicted octanol–water partition coefficient (Wildman–Crippen LogP) is 1.53. The van der Waals surface area contributed by atoms with Crippen molar-refractivity contribution in [3.8, 4) is 0 Å². The molecule has 1 aliphatic heterocycles. The number of anilines is 2. The third kappa shape index (κ3) is 4.09. The number of carbonyl (C=O) groups is 2. The maximum atomic E-state index is 12.5. The van der Waals surface area contributed by atoms with E-state index in [-0.39, 0.29) is 11.8 Å². The number of amides is 2. The number of carbonyl (C=O) groups excluding carboxylic acids is 2. The van der Waals surface area contributed by atoms with Gasteiger partial charge in [0, 0.05) is 37.0 Å². The summed E-state index contributed by atoms with van der Waals surface area (Å²) in [4.78, 5) is 24.8. The van der Waals surface area contributed by atoms with Crippen LogP contribution in [0, 0.1) is 0 Å². The van der Waals surface area contributed by atoms with Crippen molar-refractivity contribution >= 4 is 23.2 Å². The SMILES string of the molecule is CC(C(=O)Nc1cccc(NC(=O)C2(N)CCOCC2)c1)n1cccn1.